The van der Waals surface area contributed by atoms with E-state index >= 15 is 0 Å². The summed E-state index contributed by atoms with van der Waals surface area (Å²) in [6, 6.07) is 17.5. The van der Waals surface area contributed by atoms with E-state index in [2.05, 4.69) is 89.7 Å². The van der Waals surface area contributed by atoms with Crippen molar-refractivity contribution >= 4 is 25.5 Å². The fraction of sp³-hybridized carbons (Fsp3) is 0.333. The molecule has 1 atom stereocenters. The largest absolute Gasteiger partial charge is 0.368 e. The topological polar surface area (TPSA) is 9.23 Å². The van der Waals surface area contributed by atoms with Crippen molar-refractivity contribution in [1.82, 2.24) is 0 Å². The van der Waals surface area contributed by atoms with E-state index in [9.17, 15) is 0 Å². The molecule has 1 nitrogen and oxygen atoms in total. The molecule has 2 heteroatoms. The molecule has 2 aromatic rings. The third kappa shape index (κ3) is 5.19. The van der Waals surface area contributed by atoms with Crippen LogP contribution in [0.15, 0.2) is 55.1 Å². The van der Waals surface area contributed by atoms with Crippen LogP contribution in [-0.2, 0) is 4.74 Å². The zero-order valence-electron chi connectivity index (χ0n) is 15.0. The summed E-state index contributed by atoms with van der Waals surface area (Å²) in [7, 11) is -0.533. The molecule has 0 amide bonds. The van der Waals surface area contributed by atoms with Crippen LogP contribution in [0.2, 0.25) is 0 Å². The molecule has 2 aromatic carbocycles. The van der Waals surface area contributed by atoms with Crippen molar-refractivity contribution in [2.24, 2.45) is 0 Å². The van der Waals surface area contributed by atoms with Crippen molar-refractivity contribution in [2.75, 3.05) is 0 Å². The zero-order valence-corrected chi connectivity index (χ0v) is 16.4. The van der Waals surface area contributed by atoms with Gasteiger partial charge >= 0.3 is 0 Å². The second-order valence-corrected chi connectivity index (χ2v) is 9.16. The van der Waals surface area contributed by atoms with Crippen molar-refractivity contribution < 1.29 is 4.74 Å². The van der Waals surface area contributed by atoms with Crippen molar-refractivity contribution in [3.05, 3.63) is 66.2 Å². The molecule has 0 heterocycles. The number of allylic oxidation sites excluding steroid dienone is 1. The van der Waals surface area contributed by atoms with Crippen LogP contribution in [0.5, 0.6) is 0 Å². The van der Waals surface area contributed by atoms with Gasteiger partial charge in [-0.05, 0) is 45.7 Å². The first kappa shape index (κ1) is 17.7. The van der Waals surface area contributed by atoms with Crippen LogP contribution in [0.4, 0.5) is 0 Å². The minimum absolute atomic E-state index is 0.114. The summed E-state index contributed by atoms with van der Waals surface area (Å²) in [5.41, 5.74) is 3.56. The average molecular weight is 325 g/mol. The van der Waals surface area contributed by atoms with E-state index in [0.717, 1.165) is 5.57 Å². The van der Waals surface area contributed by atoms with Gasteiger partial charge in [-0.1, -0.05) is 71.1 Å². The Labute approximate surface area is 143 Å². The van der Waals surface area contributed by atoms with Crippen LogP contribution < -0.4 is 10.4 Å². The van der Waals surface area contributed by atoms with Gasteiger partial charge in [0.1, 0.15) is 0 Å². The summed E-state index contributed by atoms with van der Waals surface area (Å²) < 4.78 is 6.17. The van der Waals surface area contributed by atoms with E-state index in [1.165, 1.54) is 21.5 Å². The summed E-state index contributed by atoms with van der Waals surface area (Å²) in [6.07, 6.45) is 0.114. The molecule has 0 N–H and O–H groups in total. The first-order valence-corrected chi connectivity index (χ1v) is 9.68. The quantitative estimate of drug-likeness (QED) is 0.762. The van der Waals surface area contributed by atoms with Gasteiger partial charge in [0, 0.05) is 0 Å². The van der Waals surface area contributed by atoms with E-state index in [0.29, 0.717) is 0 Å². The van der Waals surface area contributed by atoms with Crippen molar-refractivity contribution in [3.63, 3.8) is 0 Å². The molecule has 0 bridgehead atoms. The molecule has 0 radical (unpaired) electrons. The number of ether oxygens (including phenoxy) is 1. The Kier molecular flexibility index (Phi) is 5.61. The van der Waals surface area contributed by atoms with Gasteiger partial charge in [0.05, 0.1) is 21.2 Å². The fourth-order valence-electron chi connectivity index (χ4n) is 2.85. The van der Waals surface area contributed by atoms with Crippen LogP contribution in [0.25, 0.3) is 5.57 Å². The summed E-state index contributed by atoms with van der Waals surface area (Å²) >= 11 is 0. The highest BCUT2D eigenvalue weighted by molar-refractivity contribution is 6.67. The number of hydrogen-bond donors (Lipinski definition) is 0. The second kappa shape index (κ2) is 7.29. The summed E-state index contributed by atoms with van der Waals surface area (Å²) in [5, 5.41) is 2.91. The van der Waals surface area contributed by atoms with Crippen molar-refractivity contribution in [3.8, 4) is 0 Å². The molecule has 0 aliphatic carbocycles. The number of hydrogen-bond acceptors (Lipinski definition) is 1. The normalized spacial score (nSPS) is 13.4. The minimum Gasteiger partial charge on any atom is -0.368 e. The van der Waals surface area contributed by atoms with Crippen LogP contribution in [-0.4, -0.2) is 15.1 Å². The van der Waals surface area contributed by atoms with E-state index in [4.69, 9.17) is 4.74 Å². The average Bonchev–Trinajstić information content (AvgIpc) is 2.46. The van der Waals surface area contributed by atoms with Crippen molar-refractivity contribution in [1.29, 1.82) is 0 Å². The zero-order chi connectivity index (χ0) is 17.0. The molecule has 0 spiro atoms. The summed E-state index contributed by atoms with van der Waals surface area (Å²) in [4.78, 5) is 0. The first-order valence-electron chi connectivity index (χ1n) is 8.27. The van der Waals surface area contributed by atoms with Crippen LogP contribution in [0.3, 0.4) is 0 Å². The molecule has 0 aromatic heterocycles. The Morgan fingerprint density at radius 3 is 2.43 bits per heavy atom. The van der Waals surface area contributed by atoms with E-state index in [1.807, 2.05) is 0 Å². The van der Waals surface area contributed by atoms with E-state index in [1.54, 1.807) is 0 Å². The Morgan fingerprint density at radius 1 is 1.09 bits per heavy atom. The summed E-state index contributed by atoms with van der Waals surface area (Å²) in [6.45, 7) is 14.6. The standard InChI is InChI=1S/C21H28OSi/c1-15(2)17-10-9-11-18(14-17)23-20-13-8-7-12-19(20)16(3)22-21(4,5)6/h7-14,16H,1,23H2,2-6H3. The second-order valence-electron chi connectivity index (χ2n) is 7.23. The Bertz CT molecular complexity index is 682. The van der Waals surface area contributed by atoms with Crippen LogP contribution in [0.1, 0.15) is 51.8 Å². The fourth-order valence-corrected chi connectivity index (χ4v) is 4.73. The molecular weight excluding hydrogens is 296 g/mol. The molecule has 0 saturated carbocycles. The maximum atomic E-state index is 6.17. The van der Waals surface area contributed by atoms with Gasteiger partial charge in [-0.15, -0.1) is 0 Å². The number of rotatable bonds is 5. The molecule has 0 saturated heterocycles. The van der Waals surface area contributed by atoms with Gasteiger partial charge in [0.2, 0.25) is 0 Å². The SMILES string of the molecule is C=C(C)c1cccc([SiH2]c2ccccc2C(C)OC(C)(C)C)c1. The van der Waals surface area contributed by atoms with Gasteiger partial charge in [-0.3, -0.25) is 0 Å². The Hall–Kier alpha value is -1.64. The molecule has 2 rings (SSSR count). The van der Waals surface area contributed by atoms with E-state index < -0.39 is 9.52 Å². The van der Waals surface area contributed by atoms with Gasteiger partial charge in [-0.25, -0.2) is 0 Å². The lowest BCUT2D eigenvalue weighted by molar-refractivity contribution is -0.0525. The molecular formula is C21H28OSi. The maximum absolute atomic E-state index is 6.17. The van der Waals surface area contributed by atoms with Gasteiger partial charge in [0.25, 0.3) is 0 Å². The van der Waals surface area contributed by atoms with Crippen LogP contribution >= 0.6 is 0 Å². The monoisotopic (exact) mass is 324 g/mol. The first-order chi connectivity index (χ1) is 10.8. The third-order valence-electron chi connectivity index (χ3n) is 3.84. The lowest BCUT2D eigenvalue weighted by Gasteiger charge is -2.26. The Morgan fingerprint density at radius 2 is 1.78 bits per heavy atom. The highest BCUT2D eigenvalue weighted by Gasteiger charge is 2.18. The predicted octanol–water partition coefficient (Wildman–Crippen LogP) is 3.72. The summed E-state index contributed by atoms with van der Waals surface area (Å²) in [5.74, 6) is 0. The lowest BCUT2D eigenvalue weighted by Crippen LogP contribution is -2.32. The Balaban J connectivity index is 2.27. The van der Waals surface area contributed by atoms with Crippen molar-refractivity contribution in [2.45, 2.75) is 46.3 Å². The molecule has 0 aliphatic heterocycles. The minimum atomic E-state index is -0.533. The third-order valence-corrected chi connectivity index (χ3v) is 5.71. The molecule has 1 unspecified atom stereocenters. The van der Waals surface area contributed by atoms with Gasteiger partial charge < -0.3 is 4.74 Å². The molecule has 0 fully saturated rings. The smallest absolute Gasteiger partial charge is 0.0880 e. The highest BCUT2D eigenvalue weighted by atomic mass is 28.2. The highest BCUT2D eigenvalue weighted by Crippen LogP contribution is 2.22. The predicted molar refractivity (Wildman–Crippen MR) is 105 cm³/mol. The van der Waals surface area contributed by atoms with Crippen LogP contribution in [0, 0.1) is 0 Å². The lowest BCUT2D eigenvalue weighted by atomic mass is 10.1. The van der Waals surface area contributed by atoms with Gasteiger partial charge in [-0.2, -0.15) is 0 Å². The van der Waals surface area contributed by atoms with Gasteiger partial charge in [0.15, 0.2) is 0 Å². The number of benzene rings is 2. The molecule has 23 heavy (non-hydrogen) atoms. The maximum Gasteiger partial charge on any atom is 0.0880 e. The van der Waals surface area contributed by atoms with E-state index in [-0.39, 0.29) is 11.7 Å². The molecule has 0 aliphatic rings. The molecule has 122 valence electrons.